The lowest BCUT2D eigenvalue weighted by atomic mass is 10.0. The minimum atomic E-state index is -0.131. The summed E-state index contributed by atoms with van der Waals surface area (Å²) in [4.78, 5) is 35.4. The van der Waals surface area contributed by atoms with E-state index in [1.54, 1.807) is 43.0 Å². The van der Waals surface area contributed by atoms with Crippen LogP contribution >= 0.6 is 0 Å². The number of rotatable bonds is 7. The Morgan fingerprint density at radius 1 is 0.946 bits per heavy atom. The Hall–Kier alpha value is -4.59. The number of likely N-dealkylation sites (tertiary alicyclic amines) is 1. The Kier molecular flexibility index (Phi) is 7.45. The van der Waals surface area contributed by atoms with Crippen molar-refractivity contribution in [2.75, 3.05) is 13.1 Å². The molecule has 1 aliphatic rings. The lowest BCUT2D eigenvalue weighted by molar-refractivity contribution is -0.126. The van der Waals surface area contributed by atoms with Gasteiger partial charge in [0.2, 0.25) is 5.91 Å². The van der Waals surface area contributed by atoms with Gasteiger partial charge in [-0.2, -0.15) is 5.10 Å². The molecular weight excluding hydrogens is 464 g/mol. The van der Waals surface area contributed by atoms with Crippen LogP contribution < -0.4 is 5.32 Å². The van der Waals surface area contributed by atoms with Crippen molar-refractivity contribution in [1.82, 2.24) is 30.0 Å². The van der Waals surface area contributed by atoms with Gasteiger partial charge in [0.05, 0.1) is 12.1 Å². The zero-order chi connectivity index (χ0) is 25.5. The minimum absolute atomic E-state index is 0.0362. The first-order valence-electron chi connectivity index (χ1n) is 12.4. The summed E-state index contributed by atoms with van der Waals surface area (Å²) in [5, 5.41) is 7.83. The average molecular weight is 493 g/mol. The number of amides is 2. The van der Waals surface area contributed by atoms with E-state index in [-0.39, 0.29) is 17.9 Å². The number of nitrogens with zero attached hydrogens (tertiary/aromatic N) is 5. The monoisotopic (exact) mass is 492 g/mol. The SMILES string of the molecule is O=C(NC1CCN(C(=O)/C=C/c2cn(Cc3ccccc3)nc2-c2cccnc2)CC1)c1cccnc1. The standard InChI is InChI=1S/C29H28N6O2/c36-27(34-16-12-26(13-17-34)32-29(37)24-9-5-15-31-19-24)11-10-25-21-35(20-22-6-2-1-3-7-22)33-28(25)23-8-4-14-30-18-23/h1-11,14-15,18-19,21,26H,12-13,16-17,20H2,(H,32,37)/b11-10+. The normalized spacial score (nSPS) is 14.1. The highest BCUT2D eigenvalue weighted by molar-refractivity contribution is 5.94. The van der Waals surface area contributed by atoms with Crippen LogP contribution in [0.15, 0.2) is 91.7 Å². The lowest BCUT2D eigenvalue weighted by Gasteiger charge is -2.31. The Balaban J connectivity index is 1.23. The van der Waals surface area contributed by atoms with E-state index in [0.29, 0.717) is 38.0 Å². The van der Waals surface area contributed by atoms with Crippen molar-refractivity contribution in [3.05, 3.63) is 108 Å². The third-order valence-corrected chi connectivity index (χ3v) is 6.38. The maximum atomic E-state index is 13.0. The number of carbonyl (C=O) groups excluding carboxylic acids is 2. The second kappa shape index (κ2) is 11.4. The molecule has 0 atom stereocenters. The van der Waals surface area contributed by atoms with Crippen LogP contribution in [0.1, 0.15) is 34.3 Å². The maximum Gasteiger partial charge on any atom is 0.253 e. The predicted molar refractivity (Wildman–Crippen MR) is 141 cm³/mol. The summed E-state index contributed by atoms with van der Waals surface area (Å²) in [6.07, 6.45) is 13.5. The first-order valence-corrected chi connectivity index (χ1v) is 12.4. The molecule has 2 amide bonds. The fraction of sp³-hybridized carbons (Fsp3) is 0.207. The molecule has 1 aliphatic heterocycles. The second-order valence-corrected chi connectivity index (χ2v) is 9.01. The number of benzene rings is 1. The number of hydrogen-bond donors (Lipinski definition) is 1. The maximum absolute atomic E-state index is 13.0. The Morgan fingerprint density at radius 3 is 2.41 bits per heavy atom. The summed E-state index contributed by atoms with van der Waals surface area (Å²) in [6, 6.07) is 17.5. The summed E-state index contributed by atoms with van der Waals surface area (Å²) in [7, 11) is 0. The molecular formula is C29H28N6O2. The van der Waals surface area contributed by atoms with Gasteiger partial charge in [-0.15, -0.1) is 0 Å². The van der Waals surface area contributed by atoms with E-state index in [9.17, 15) is 9.59 Å². The number of hydrogen-bond acceptors (Lipinski definition) is 5. The molecule has 4 aromatic rings. The molecule has 1 saturated heterocycles. The van der Waals surface area contributed by atoms with Crippen LogP contribution in [0.2, 0.25) is 0 Å². The zero-order valence-electron chi connectivity index (χ0n) is 20.4. The number of carbonyl (C=O) groups is 2. The summed E-state index contributed by atoms with van der Waals surface area (Å²) in [6.45, 7) is 1.81. The molecule has 4 heterocycles. The summed E-state index contributed by atoms with van der Waals surface area (Å²) >= 11 is 0. The van der Waals surface area contributed by atoms with Gasteiger partial charge >= 0.3 is 0 Å². The van der Waals surface area contributed by atoms with E-state index in [4.69, 9.17) is 5.10 Å². The van der Waals surface area contributed by atoms with E-state index in [1.165, 1.54) is 0 Å². The Bertz CT molecular complexity index is 1360. The quantitative estimate of drug-likeness (QED) is 0.396. The van der Waals surface area contributed by atoms with E-state index in [1.807, 2.05) is 52.2 Å². The molecule has 0 bridgehead atoms. The van der Waals surface area contributed by atoms with Gasteiger partial charge in [0.1, 0.15) is 5.69 Å². The number of aromatic nitrogens is 4. The van der Waals surface area contributed by atoms with Crippen molar-refractivity contribution in [2.45, 2.75) is 25.4 Å². The molecule has 0 aliphatic carbocycles. The van der Waals surface area contributed by atoms with E-state index >= 15 is 0 Å². The third kappa shape index (κ3) is 6.16. The van der Waals surface area contributed by atoms with Crippen LogP contribution in [0.25, 0.3) is 17.3 Å². The van der Waals surface area contributed by atoms with Crippen LogP contribution in [-0.2, 0) is 11.3 Å². The molecule has 1 fully saturated rings. The topological polar surface area (TPSA) is 93.0 Å². The van der Waals surface area contributed by atoms with E-state index < -0.39 is 0 Å². The van der Waals surface area contributed by atoms with Crippen LogP contribution in [0.4, 0.5) is 0 Å². The van der Waals surface area contributed by atoms with Crippen molar-refractivity contribution in [3.63, 3.8) is 0 Å². The van der Waals surface area contributed by atoms with Gasteiger partial charge in [-0.25, -0.2) is 0 Å². The number of piperidine rings is 1. The molecule has 8 nitrogen and oxygen atoms in total. The number of pyridine rings is 2. The third-order valence-electron chi connectivity index (χ3n) is 6.38. The Morgan fingerprint density at radius 2 is 1.70 bits per heavy atom. The highest BCUT2D eigenvalue weighted by Crippen LogP contribution is 2.23. The van der Waals surface area contributed by atoms with Crippen molar-refractivity contribution in [1.29, 1.82) is 0 Å². The lowest BCUT2D eigenvalue weighted by Crippen LogP contribution is -2.46. The molecule has 5 rings (SSSR count). The molecule has 0 unspecified atom stereocenters. The minimum Gasteiger partial charge on any atom is -0.349 e. The fourth-order valence-corrected chi connectivity index (χ4v) is 4.41. The van der Waals surface area contributed by atoms with Gasteiger partial charge in [0.15, 0.2) is 0 Å². The van der Waals surface area contributed by atoms with Crippen molar-refractivity contribution < 1.29 is 9.59 Å². The largest absolute Gasteiger partial charge is 0.349 e. The Labute approximate surface area is 215 Å². The second-order valence-electron chi connectivity index (χ2n) is 9.01. The molecule has 8 heteroatoms. The predicted octanol–water partition coefficient (Wildman–Crippen LogP) is 3.82. The smallest absolute Gasteiger partial charge is 0.253 e. The fourth-order valence-electron chi connectivity index (χ4n) is 4.41. The summed E-state index contributed by atoms with van der Waals surface area (Å²) < 4.78 is 1.89. The van der Waals surface area contributed by atoms with Gasteiger partial charge in [0, 0.05) is 67.3 Å². The van der Waals surface area contributed by atoms with Gasteiger partial charge in [-0.05, 0) is 48.7 Å². The van der Waals surface area contributed by atoms with Gasteiger partial charge in [-0.3, -0.25) is 24.2 Å². The van der Waals surface area contributed by atoms with Crippen molar-refractivity contribution >= 4 is 17.9 Å². The van der Waals surface area contributed by atoms with Gasteiger partial charge in [-0.1, -0.05) is 30.3 Å². The molecule has 1 N–H and O–H groups in total. The molecule has 37 heavy (non-hydrogen) atoms. The van der Waals surface area contributed by atoms with E-state index in [0.717, 1.165) is 22.4 Å². The molecule has 0 spiro atoms. The highest BCUT2D eigenvalue weighted by Gasteiger charge is 2.23. The average Bonchev–Trinajstić information content (AvgIpc) is 3.36. The summed E-state index contributed by atoms with van der Waals surface area (Å²) in [5.41, 5.74) is 4.22. The van der Waals surface area contributed by atoms with Crippen LogP contribution in [-0.4, -0.2) is 55.6 Å². The van der Waals surface area contributed by atoms with Crippen LogP contribution in [0.3, 0.4) is 0 Å². The highest BCUT2D eigenvalue weighted by atomic mass is 16.2. The van der Waals surface area contributed by atoms with E-state index in [2.05, 4.69) is 27.4 Å². The molecule has 186 valence electrons. The van der Waals surface area contributed by atoms with Crippen molar-refractivity contribution in [2.24, 2.45) is 0 Å². The molecule has 0 radical (unpaired) electrons. The summed E-state index contributed by atoms with van der Waals surface area (Å²) in [5.74, 6) is -0.182. The molecule has 1 aromatic carbocycles. The van der Waals surface area contributed by atoms with Crippen molar-refractivity contribution in [3.8, 4) is 11.3 Å². The van der Waals surface area contributed by atoms with Gasteiger partial charge < -0.3 is 10.2 Å². The first kappa shape index (κ1) is 24.1. The number of nitrogens with one attached hydrogen (secondary N) is 1. The van der Waals surface area contributed by atoms with Gasteiger partial charge in [0.25, 0.3) is 5.91 Å². The molecule has 3 aromatic heterocycles. The molecule has 0 saturated carbocycles. The first-order chi connectivity index (χ1) is 18.2. The van der Waals surface area contributed by atoms with Crippen LogP contribution in [0, 0.1) is 0 Å². The van der Waals surface area contributed by atoms with Crippen LogP contribution in [0.5, 0.6) is 0 Å². The zero-order valence-corrected chi connectivity index (χ0v) is 20.4.